The molecule has 21 heavy (non-hydrogen) atoms. The molecule has 2 aliphatic rings. The molecule has 0 amide bonds. The third-order valence-electron chi connectivity index (χ3n) is 4.32. The van der Waals surface area contributed by atoms with Crippen molar-refractivity contribution in [3.05, 3.63) is 27.7 Å². The predicted octanol–water partition coefficient (Wildman–Crippen LogP) is 3.89. The van der Waals surface area contributed by atoms with Crippen molar-refractivity contribution in [3.63, 3.8) is 0 Å². The van der Waals surface area contributed by atoms with Gasteiger partial charge in [-0.1, -0.05) is 30.1 Å². The Hall–Kier alpha value is -0.480. The Kier molecular flexibility index (Phi) is 4.95. The molecule has 116 valence electrons. The van der Waals surface area contributed by atoms with Gasteiger partial charge in [0.25, 0.3) is 0 Å². The summed E-state index contributed by atoms with van der Waals surface area (Å²) in [5, 5.41) is 4.92. The molecule has 1 unspecified atom stereocenters. The van der Waals surface area contributed by atoms with Crippen LogP contribution in [0.2, 0.25) is 10.0 Å². The molecule has 1 aromatic rings. The fourth-order valence-electron chi connectivity index (χ4n) is 3.06. The van der Waals surface area contributed by atoms with Crippen LogP contribution in [0, 0.1) is 0 Å². The number of hydrogen-bond donors (Lipinski definition) is 1. The molecule has 1 N–H and O–H groups in total. The Morgan fingerprint density at radius 3 is 2.81 bits per heavy atom. The molecule has 3 rings (SSSR count). The number of benzene rings is 1. The van der Waals surface area contributed by atoms with Gasteiger partial charge in [0, 0.05) is 42.2 Å². The summed E-state index contributed by atoms with van der Waals surface area (Å²) in [4.78, 5) is 2.55. The third kappa shape index (κ3) is 3.65. The summed E-state index contributed by atoms with van der Waals surface area (Å²) in [6.45, 7) is 6.16. The topological polar surface area (TPSA) is 24.5 Å². The molecule has 1 aliphatic heterocycles. The van der Waals surface area contributed by atoms with Crippen LogP contribution in [0.4, 0.5) is 0 Å². The molecule has 0 aromatic heterocycles. The molecule has 1 aliphatic carbocycles. The minimum absolute atomic E-state index is 0.280. The van der Waals surface area contributed by atoms with Crippen molar-refractivity contribution in [2.45, 2.75) is 38.3 Å². The first kappa shape index (κ1) is 15.4. The number of ether oxygens (including phenoxy) is 1. The van der Waals surface area contributed by atoms with Crippen molar-refractivity contribution in [1.82, 2.24) is 10.2 Å². The van der Waals surface area contributed by atoms with Crippen molar-refractivity contribution in [3.8, 4) is 5.75 Å². The van der Waals surface area contributed by atoms with Gasteiger partial charge in [-0.3, -0.25) is 4.90 Å². The lowest BCUT2D eigenvalue weighted by atomic mass is 10.0. The molecular weight excluding hydrogens is 307 g/mol. The lowest BCUT2D eigenvalue weighted by molar-refractivity contribution is 0.237. The van der Waals surface area contributed by atoms with E-state index in [0.717, 1.165) is 43.4 Å². The van der Waals surface area contributed by atoms with Crippen molar-refractivity contribution in [2.24, 2.45) is 0 Å². The molecule has 5 heteroatoms. The van der Waals surface area contributed by atoms with Gasteiger partial charge < -0.3 is 10.1 Å². The highest BCUT2D eigenvalue weighted by Crippen LogP contribution is 2.39. The van der Waals surface area contributed by atoms with Crippen LogP contribution in [-0.4, -0.2) is 37.2 Å². The second-order valence-electron chi connectivity index (χ2n) is 5.81. The lowest BCUT2D eigenvalue weighted by Gasteiger charge is -2.29. The maximum atomic E-state index is 6.22. The average Bonchev–Trinajstić information content (AvgIpc) is 3.28. The Labute approximate surface area is 136 Å². The van der Waals surface area contributed by atoms with Crippen LogP contribution in [0.25, 0.3) is 0 Å². The number of hydrogen-bond acceptors (Lipinski definition) is 3. The molecule has 1 atom stereocenters. The summed E-state index contributed by atoms with van der Waals surface area (Å²) in [6.07, 6.45) is 3.68. The van der Waals surface area contributed by atoms with Gasteiger partial charge >= 0.3 is 0 Å². The van der Waals surface area contributed by atoms with Gasteiger partial charge in [0.05, 0.1) is 11.6 Å². The maximum Gasteiger partial charge on any atom is 0.142 e. The van der Waals surface area contributed by atoms with E-state index in [1.807, 2.05) is 6.07 Å². The normalized spacial score (nSPS) is 21.2. The van der Waals surface area contributed by atoms with Gasteiger partial charge in [-0.15, -0.1) is 0 Å². The van der Waals surface area contributed by atoms with Crippen LogP contribution in [0.3, 0.4) is 0 Å². The first-order valence-electron chi connectivity index (χ1n) is 7.78. The Morgan fingerprint density at radius 2 is 2.10 bits per heavy atom. The highest BCUT2D eigenvalue weighted by atomic mass is 35.5. The van der Waals surface area contributed by atoms with E-state index in [0.29, 0.717) is 16.7 Å². The Morgan fingerprint density at radius 1 is 1.29 bits per heavy atom. The number of fused-ring (bicyclic) bond motifs is 1. The standard InChI is InChI=1S/C16H22Cl2N2O/c1-2-20(12-3-4-12)7-6-19-15-5-8-21-16-13(15)9-11(17)10-14(16)18/h9-10,12,15,19H,2-8H2,1H3. The van der Waals surface area contributed by atoms with E-state index in [1.54, 1.807) is 6.07 Å². The zero-order valence-electron chi connectivity index (χ0n) is 12.4. The highest BCUT2D eigenvalue weighted by Gasteiger charge is 2.28. The second kappa shape index (κ2) is 6.74. The lowest BCUT2D eigenvalue weighted by Crippen LogP contribution is -2.36. The van der Waals surface area contributed by atoms with Crippen molar-refractivity contribution < 1.29 is 4.74 Å². The third-order valence-corrected chi connectivity index (χ3v) is 4.82. The smallest absolute Gasteiger partial charge is 0.142 e. The first-order chi connectivity index (χ1) is 10.2. The van der Waals surface area contributed by atoms with Gasteiger partial charge in [-0.25, -0.2) is 0 Å². The summed E-state index contributed by atoms with van der Waals surface area (Å²) in [6, 6.07) is 4.82. The number of nitrogens with one attached hydrogen (secondary N) is 1. The van der Waals surface area contributed by atoms with E-state index in [9.17, 15) is 0 Å². The van der Waals surface area contributed by atoms with Crippen LogP contribution in [0.5, 0.6) is 5.75 Å². The van der Waals surface area contributed by atoms with E-state index in [2.05, 4.69) is 17.1 Å². The summed E-state index contributed by atoms with van der Waals surface area (Å²) < 4.78 is 5.70. The highest BCUT2D eigenvalue weighted by molar-refractivity contribution is 6.35. The molecule has 1 saturated carbocycles. The molecule has 1 heterocycles. The molecule has 3 nitrogen and oxygen atoms in total. The zero-order chi connectivity index (χ0) is 14.8. The largest absolute Gasteiger partial charge is 0.492 e. The maximum absolute atomic E-state index is 6.22. The molecule has 1 aromatic carbocycles. The van der Waals surface area contributed by atoms with Crippen LogP contribution in [0.15, 0.2) is 12.1 Å². The summed E-state index contributed by atoms with van der Waals surface area (Å²) in [7, 11) is 0. The minimum atomic E-state index is 0.280. The van der Waals surface area contributed by atoms with Crippen molar-refractivity contribution >= 4 is 23.2 Å². The zero-order valence-corrected chi connectivity index (χ0v) is 13.9. The van der Waals surface area contributed by atoms with Crippen LogP contribution < -0.4 is 10.1 Å². The summed E-state index contributed by atoms with van der Waals surface area (Å²) >= 11 is 12.4. The predicted molar refractivity (Wildman–Crippen MR) is 87.6 cm³/mol. The van der Waals surface area contributed by atoms with Crippen molar-refractivity contribution in [1.29, 1.82) is 0 Å². The second-order valence-corrected chi connectivity index (χ2v) is 6.65. The Bertz CT molecular complexity index is 505. The van der Waals surface area contributed by atoms with Gasteiger partial charge in [0.1, 0.15) is 5.75 Å². The molecule has 1 fully saturated rings. The van der Waals surface area contributed by atoms with Crippen LogP contribution >= 0.6 is 23.2 Å². The number of rotatable bonds is 6. The number of likely N-dealkylation sites (N-methyl/N-ethyl adjacent to an activating group) is 1. The number of halogens is 2. The molecule has 0 spiro atoms. The summed E-state index contributed by atoms with van der Waals surface area (Å²) in [5.74, 6) is 0.791. The van der Waals surface area contributed by atoms with E-state index < -0.39 is 0 Å². The fraction of sp³-hybridized carbons (Fsp3) is 0.625. The van der Waals surface area contributed by atoms with E-state index in [-0.39, 0.29) is 6.04 Å². The SMILES string of the molecule is CCN(CCNC1CCOc2c(Cl)cc(Cl)cc21)C1CC1. The monoisotopic (exact) mass is 328 g/mol. The Balaban J connectivity index is 1.62. The quantitative estimate of drug-likeness (QED) is 0.857. The van der Waals surface area contributed by atoms with Gasteiger partial charge in [0.15, 0.2) is 0 Å². The fourth-order valence-corrected chi connectivity index (χ4v) is 3.62. The van der Waals surface area contributed by atoms with Crippen molar-refractivity contribution in [2.75, 3.05) is 26.2 Å². The van der Waals surface area contributed by atoms with Crippen LogP contribution in [0.1, 0.15) is 37.8 Å². The van der Waals surface area contributed by atoms with Gasteiger partial charge in [0.2, 0.25) is 0 Å². The van der Waals surface area contributed by atoms with Crippen LogP contribution in [-0.2, 0) is 0 Å². The van der Waals surface area contributed by atoms with E-state index in [1.165, 1.54) is 12.8 Å². The summed E-state index contributed by atoms with van der Waals surface area (Å²) in [5.41, 5.74) is 1.09. The van der Waals surface area contributed by atoms with E-state index >= 15 is 0 Å². The van der Waals surface area contributed by atoms with Gasteiger partial charge in [-0.05, 0) is 31.5 Å². The molecular formula is C16H22Cl2N2O. The van der Waals surface area contributed by atoms with Gasteiger partial charge in [-0.2, -0.15) is 0 Å². The number of nitrogens with zero attached hydrogens (tertiary/aromatic N) is 1. The first-order valence-corrected chi connectivity index (χ1v) is 8.53. The average molecular weight is 329 g/mol. The molecule has 0 radical (unpaired) electrons. The minimum Gasteiger partial charge on any atom is -0.492 e. The molecule has 0 bridgehead atoms. The van der Waals surface area contributed by atoms with E-state index in [4.69, 9.17) is 27.9 Å². The molecule has 0 saturated heterocycles.